The van der Waals surface area contributed by atoms with Crippen molar-refractivity contribution in [3.05, 3.63) is 69.9 Å². The Labute approximate surface area is 196 Å². The fourth-order valence-corrected chi connectivity index (χ4v) is 5.55. The third-order valence-corrected chi connectivity index (χ3v) is 7.12. The molecule has 0 fully saturated rings. The predicted octanol–water partition coefficient (Wildman–Crippen LogP) is 4.32. The molecule has 2 aliphatic rings. The van der Waals surface area contributed by atoms with Gasteiger partial charge in [-0.25, -0.2) is 0 Å². The molecule has 1 aliphatic heterocycles. The molecule has 33 heavy (non-hydrogen) atoms. The summed E-state index contributed by atoms with van der Waals surface area (Å²) in [5.74, 6) is 1.08. The molecule has 0 radical (unpaired) electrons. The molecule has 2 aromatic heterocycles. The van der Waals surface area contributed by atoms with Crippen molar-refractivity contribution >= 4 is 28.2 Å². The van der Waals surface area contributed by atoms with Crippen LogP contribution < -0.4 is 14.8 Å². The fourth-order valence-electron chi connectivity index (χ4n) is 4.28. The van der Waals surface area contributed by atoms with Crippen LogP contribution in [0.4, 0.5) is 5.00 Å². The number of carbonyl (C=O) groups excluding carboxylic acids is 2. The van der Waals surface area contributed by atoms with E-state index in [2.05, 4.69) is 10.3 Å². The maximum atomic E-state index is 13.6. The molecule has 1 aromatic carbocycles. The van der Waals surface area contributed by atoms with Gasteiger partial charge in [0.05, 0.1) is 11.1 Å². The molecule has 0 spiro atoms. The SMILES string of the molecule is CN(Cc1ccc2c(c1)OCCO2)C(=O)c1c(NC(=O)c2cccnc2)sc2c1CCCC2. The second-order valence-corrected chi connectivity index (χ2v) is 9.36. The molecule has 2 amide bonds. The molecular weight excluding hydrogens is 438 g/mol. The molecule has 7 nitrogen and oxygen atoms in total. The number of fused-ring (bicyclic) bond motifs is 2. The average Bonchev–Trinajstić information content (AvgIpc) is 3.21. The summed E-state index contributed by atoms with van der Waals surface area (Å²) >= 11 is 1.52. The summed E-state index contributed by atoms with van der Waals surface area (Å²) in [6, 6.07) is 9.19. The van der Waals surface area contributed by atoms with Crippen LogP contribution in [0.3, 0.4) is 0 Å². The van der Waals surface area contributed by atoms with E-state index < -0.39 is 0 Å². The third-order valence-electron chi connectivity index (χ3n) is 5.91. The molecule has 0 unspecified atom stereocenters. The summed E-state index contributed by atoms with van der Waals surface area (Å²) in [5, 5.41) is 3.60. The summed E-state index contributed by atoms with van der Waals surface area (Å²) in [7, 11) is 1.79. The lowest BCUT2D eigenvalue weighted by molar-refractivity contribution is 0.0785. The highest BCUT2D eigenvalue weighted by molar-refractivity contribution is 7.17. The van der Waals surface area contributed by atoms with Crippen molar-refractivity contribution in [1.82, 2.24) is 9.88 Å². The van der Waals surface area contributed by atoms with Crippen molar-refractivity contribution in [1.29, 1.82) is 0 Å². The zero-order chi connectivity index (χ0) is 22.8. The molecule has 0 bridgehead atoms. The number of anilines is 1. The van der Waals surface area contributed by atoms with Crippen molar-refractivity contribution in [3.8, 4) is 11.5 Å². The standard InChI is InChI=1S/C25H25N3O4S/c1-28(15-16-8-9-19-20(13-16)32-12-11-31-19)25(30)22-18-6-2-3-7-21(18)33-24(22)27-23(29)17-5-4-10-26-14-17/h4-5,8-10,13-14H,2-3,6-7,11-12,15H2,1H3,(H,27,29). The molecule has 0 saturated carbocycles. The van der Waals surface area contributed by atoms with Crippen molar-refractivity contribution < 1.29 is 19.1 Å². The van der Waals surface area contributed by atoms with Gasteiger partial charge in [-0.05, 0) is 61.1 Å². The van der Waals surface area contributed by atoms with E-state index in [1.54, 1.807) is 30.3 Å². The lowest BCUT2D eigenvalue weighted by Crippen LogP contribution is -2.28. The van der Waals surface area contributed by atoms with Crippen LogP contribution in [-0.2, 0) is 19.4 Å². The van der Waals surface area contributed by atoms with Gasteiger partial charge in [0.2, 0.25) is 0 Å². The zero-order valence-electron chi connectivity index (χ0n) is 18.4. The zero-order valence-corrected chi connectivity index (χ0v) is 19.2. The summed E-state index contributed by atoms with van der Waals surface area (Å²) in [6.07, 6.45) is 7.10. The first-order chi connectivity index (χ1) is 16.1. The number of thiophene rings is 1. The van der Waals surface area contributed by atoms with Crippen LogP contribution in [0.25, 0.3) is 0 Å². The van der Waals surface area contributed by atoms with Crippen LogP contribution in [0.2, 0.25) is 0 Å². The van der Waals surface area contributed by atoms with E-state index >= 15 is 0 Å². The van der Waals surface area contributed by atoms with Crippen molar-refractivity contribution in [2.75, 3.05) is 25.6 Å². The Morgan fingerprint density at radius 3 is 2.76 bits per heavy atom. The molecule has 5 rings (SSSR count). The number of hydrogen-bond acceptors (Lipinski definition) is 6. The Morgan fingerprint density at radius 1 is 1.12 bits per heavy atom. The summed E-state index contributed by atoms with van der Waals surface area (Å²) < 4.78 is 11.3. The number of ether oxygens (including phenoxy) is 2. The van der Waals surface area contributed by atoms with Gasteiger partial charge in [-0.15, -0.1) is 11.3 Å². The Kier molecular flexibility index (Phi) is 6.00. The molecular formula is C25H25N3O4S. The molecule has 3 heterocycles. The fraction of sp³-hybridized carbons (Fsp3) is 0.320. The minimum absolute atomic E-state index is 0.0919. The molecule has 170 valence electrons. The van der Waals surface area contributed by atoms with Gasteiger partial charge in [-0.1, -0.05) is 6.07 Å². The Balaban J connectivity index is 1.40. The van der Waals surface area contributed by atoms with Gasteiger partial charge in [0.1, 0.15) is 18.2 Å². The number of hydrogen-bond donors (Lipinski definition) is 1. The van der Waals surface area contributed by atoms with Crippen LogP contribution in [-0.4, -0.2) is 42.0 Å². The number of benzene rings is 1. The van der Waals surface area contributed by atoms with Gasteiger partial charge < -0.3 is 19.7 Å². The molecule has 1 aliphatic carbocycles. The molecule has 8 heteroatoms. The van der Waals surface area contributed by atoms with Gasteiger partial charge in [0.25, 0.3) is 11.8 Å². The number of nitrogens with zero attached hydrogens (tertiary/aromatic N) is 2. The van der Waals surface area contributed by atoms with E-state index in [9.17, 15) is 9.59 Å². The van der Waals surface area contributed by atoms with Gasteiger partial charge in [-0.2, -0.15) is 0 Å². The van der Waals surface area contributed by atoms with Crippen molar-refractivity contribution in [3.63, 3.8) is 0 Å². The van der Waals surface area contributed by atoms with E-state index in [1.807, 2.05) is 18.2 Å². The molecule has 3 aromatic rings. The monoisotopic (exact) mass is 463 g/mol. The molecule has 0 saturated heterocycles. The minimum Gasteiger partial charge on any atom is -0.486 e. The lowest BCUT2D eigenvalue weighted by atomic mass is 9.95. The summed E-state index contributed by atoms with van der Waals surface area (Å²) in [4.78, 5) is 33.3. The Bertz CT molecular complexity index is 1190. The smallest absolute Gasteiger partial charge is 0.257 e. The van der Waals surface area contributed by atoms with Crippen molar-refractivity contribution in [2.45, 2.75) is 32.2 Å². The second-order valence-electron chi connectivity index (χ2n) is 8.25. The highest BCUT2D eigenvalue weighted by Crippen LogP contribution is 2.39. The quantitative estimate of drug-likeness (QED) is 0.610. The highest BCUT2D eigenvalue weighted by atomic mass is 32.1. The number of nitrogens with one attached hydrogen (secondary N) is 1. The number of rotatable bonds is 5. The second kappa shape index (κ2) is 9.23. The average molecular weight is 464 g/mol. The third kappa shape index (κ3) is 4.43. The normalized spacial score (nSPS) is 14.3. The van der Waals surface area contributed by atoms with Crippen molar-refractivity contribution in [2.24, 2.45) is 0 Å². The maximum absolute atomic E-state index is 13.6. The van der Waals surface area contributed by atoms with E-state index in [1.165, 1.54) is 22.4 Å². The maximum Gasteiger partial charge on any atom is 0.257 e. The number of aryl methyl sites for hydroxylation is 1. The topological polar surface area (TPSA) is 80.8 Å². The minimum atomic E-state index is -0.259. The summed E-state index contributed by atoms with van der Waals surface area (Å²) in [5.41, 5.74) is 3.12. The molecule has 0 atom stereocenters. The van der Waals surface area contributed by atoms with E-state index in [-0.39, 0.29) is 11.8 Å². The predicted molar refractivity (Wildman–Crippen MR) is 126 cm³/mol. The van der Waals surface area contributed by atoms with Gasteiger partial charge in [0, 0.05) is 30.9 Å². The Morgan fingerprint density at radius 2 is 1.94 bits per heavy atom. The first kappa shape index (κ1) is 21.5. The highest BCUT2D eigenvalue weighted by Gasteiger charge is 2.28. The van der Waals surface area contributed by atoms with Crippen LogP contribution in [0, 0.1) is 0 Å². The van der Waals surface area contributed by atoms with E-state index in [0.717, 1.165) is 42.6 Å². The van der Waals surface area contributed by atoms with E-state index in [4.69, 9.17) is 9.47 Å². The number of pyridine rings is 1. The molecule has 1 N–H and O–H groups in total. The van der Waals surface area contributed by atoms with Crippen LogP contribution in [0.1, 0.15) is 49.6 Å². The van der Waals surface area contributed by atoms with E-state index in [0.29, 0.717) is 41.6 Å². The lowest BCUT2D eigenvalue weighted by Gasteiger charge is -2.22. The first-order valence-electron chi connectivity index (χ1n) is 11.1. The largest absolute Gasteiger partial charge is 0.486 e. The number of amides is 2. The van der Waals surface area contributed by atoms with Crippen LogP contribution >= 0.6 is 11.3 Å². The van der Waals surface area contributed by atoms with Gasteiger partial charge in [0.15, 0.2) is 11.5 Å². The number of carbonyl (C=O) groups is 2. The van der Waals surface area contributed by atoms with Crippen LogP contribution in [0.15, 0.2) is 42.7 Å². The first-order valence-corrected chi connectivity index (χ1v) is 11.9. The number of aromatic nitrogens is 1. The van der Waals surface area contributed by atoms with Crippen LogP contribution in [0.5, 0.6) is 11.5 Å². The van der Waals surface area contributed by atoms with Gasteiger partial charge >= 0.3 is 0 Å². The summed E-state index contributed by atoms with van der Waals surface area (Å²) in [6.45, 7) is 1.49. The Hall–Kier alpha value is -3.39. The van der Waals surface area contributed by atoms with Gasteiger partial charge in [-0.3, -0.25) is 14.6 Å².